The van der Waals surface area contributed by atoms with Crippen molar-refractivity contribution >= 4 is 37.5 Å². The summed E-state index contributed by atoms with van der Waals surface area (Å²) in [6, 6.07) is 6.84. The first kappa shape index (κ1) is 14.3. The maximum atomic E-state index is 12.7. The van der Waals surface area contributed by atoms with E-state index < -0.39 is 5.95 Å². The van der Waals surface area contributed by atoms with Gasteiger partial charge < -0.3 is 10.1 Å². The lowest BCUT2D eigenvalue weighted by Crippen LogP contribution is -2.03. The Morgan fingerprint density at radius 1 is 1.32 bits per heavy atom. The molecule has 0 saturated carbocycles. The number of halogens is 3. The zero-order valence-electron chi connectivity index (χ0n) is 10.1. The number of aromatic nitrogens is 1. The van der Waals surface area contributed by atoms with Crippen LogP contribution in [0.2, 0.25) is 0 Å². The average molecular weight is 390 g/mol. The molecule has 2 rings (SSSR count). The van der Waals surface area contributed by atoms with Crippen LogP contribution < -0.4 is 10.1 Å². The molecule has 1 heterocycles. The summed E-state index contributed by atoms with van der Waals surface area (Å²) in [7, 11) is 1.62. The summed E-state index contributed by atoms with van der Waals surface area (Å²) in [5, 5.41) is 3.17. The van der Waals surface area contributed by atoms with E-state index in [2.05, 4.69) is 42.2 Å². The molecule has 1 aromatic heterocycles. The molecule has 0 saturated heterocycles. The molecule has 0 unspecified atom stereocenters. The van der Waals surface area contributed by atoms with E-state index in [1.807, 2.05) is 12.1 Å². The molecule has 0 aliphatic carbocycles. The van der Waals surface area contributed by atoms with Gasteiger partial charge in [-0.05, 0) is 40.2 Å². The molecule has 3 nitrogen and oxygen atoms in total. The van der Waals surface area contributed by atoms with Crippen molar-refractivity contribution in [1.29, 1.82) is 0 Å². The van der Waals surface area contributed by atoms with Gasteiger partial charge in [-0.3, -0.25) is 0 Å². The molecule has 100 valence electrons. The first-order valence-corrected chi connectivity index (χ1v) is 7.06. The minimum atomic E-state index is -0.492. The summed E-state index contributed by atoms with van der Waals surface area (Å²) in [5.41, 5.74) is 1.73. The monoisotopic (exact) mass is 388 g/mol. The number of benzene rings is 1. The number of rotatable bonds is 4. The van der Waals surface area contributed by atoms with Gasteiger partial charge in [0, 0.05) is 16.6 Å². The van der Waals surface area contributed by atoms with E-state index in [1.165, 1.54) is 12.3 Å². The van der Waals surface area contributed by atoms with Crippen LogP contribution in [0.25, 0.3) is 0 Å². The van der Waals surface area contributed by atoms with Gasteiger partial charge in [0.2, 0.25) is 5.95 Å². The summed E-state index contributed by atoms with van der Waals surface area (Å²) in [6.07, 6.45) is 1.45. The third-order valence-electron chi connectivity index (χ3n) is 2.50. The van der Waals surface area contributed by atoms with Gasteiger partial charge in [-0.15, -0.1) is 0 Å². The summed E-state index contributed by atoms with van der Waals surface area (Å²) in [4.78, 5) is 3.59. The minimum Gasteiger partial charge on any atom is -0.495 e. The molecule has 0 atom stereocenters. The first-order valence-electron chi connectivity index (χ1n) is 5.47. The molecule has 0 bridgehead atoms. The number of nitrogens with one attached hydrogen (secondary N) is 1. The highest BCUT2D eigenvalue weighted by Gasteiger charge is 2.09. The summed E-state index contributed by atoms with van der Waals surface area (Å²) >= 11 is 6.89. The van der Waals surface area contributed by atoms with Gasteiger partial charge in [-0.25, -0.2) is 4.98 Å². The molecule has 0 spiro atoms. The van der Waals surface area contributed by atoms with Crippen molar-refractivity contribution < 1.29 is 9.13 Å². The van der Waals surface area contributed by atoms with Crippen LogP contribution in [0.3, 0.4) is 0 Å². The van der Waals surface area contributed by atoms with Crippen molar-refractivity contribution in [3.63, 3.8) is 0 Å². The summed E-state index contributed by atoms with van der Waals surface area (Å²) in [6.45, 7) is 0.550. The highest BCUT2D eigenvalue weighted by atomic mass is 79.9. The van der Waals surface area contributed by atoms with E-state index in [-0.39, 0.29) is 0 Å². The Balaban J connectivity index is 2.17. The molecule has 0 aliphatic rings. The Morgan fingerprint density at radius 2 is 2.11 bits per heavy atom. The van der Waals surface area contributed by atoms with Crippen molar-refractivity contribution in [2.75, 3.05) is 12.4 Å². The Bertz CT molecular complexity index is 576. The van der Waals surface area contributed by atoms with Gasteiger partial charge >= 0.3 is 0 Å². The van der Waals surface area contributed by atoms with Crippen molar-refractivity contribution in [3.05, 3.63) is 50.9 Å². The van der Waals surface area contributed by atoms with Crippen LogP contribution in [-0.4, -0.2) is 12.1 Å². The second-order valence-corrected chi connectivity index (χ2v) is 5.57. The zero-order valence-corrected chi connectivity index (χ0v) is 13.3. The van der Waals surface area contributed by atoms with Crippen LogP contribution in [0.5, 0.6) is 5.75 Å². The number of hydrogen-bond donors (Lipinski definition) is 1. The molecule has 0 aliphatic heterocycles. The van der Waals surface area contributed by atoms with Gasteiger partial charge in [0.05, 0.1) is 23.5 Å². The molecule has 1 aromatic carbocycles. The molecule has 2 aromatic rings. The van der Waals surface area contributed by atoms with E-state index in [0.717, 1.165) is 25.9 Å². The van der Waals surface area contributed by atoms with Gasteiger partial charge in [-0.1, -0.05) is 15.9 Å². The number of anilines is 1. The number of pyridine rings is 1. The summed E-state index contributed by atoms with van der Waals surface area (Å²) < 4.78 is 19.9. The lowest BCUT2D eigenvalue weighted by molar-refractivity contribution is 0.407. The average Bonchev–Trinajstić information content (AvgIpc) is 2.37. The molecular weight excluding hydrogens is 379 g/mol. The van der Waals surface area contributed by atoms with E-state index in [9.17, 15) is 4.39 Å². The maximum absolute atomic E-state index is 12.7. The van der Waals surface area contributed by atoms with E-state index in [1.54, 1.807) is 13.2 Å². The molecule has 0 radical (unpaired) electrons. The number of hydrogen-bond acceptors (Lipinski definition) is 3. The van der Waals surface area contributed by atoms with Crippen molar-refractivity contribution in [2.24, 2.45) is 0 Å². The molecule has 0 amide bonds. The fraction of sp³-hybridized carbons (Fsp3) is 0.154. The second kappa shape index (κ2) is 6.34. The topological polar surface area (TPSA) is 34.1 Å². The Labute approximate surface area is 127 Å². The third-order valence-corrected chi connectivity index (χ3v) is 3.55. The fourth-order valence-electron chi connectivity index (χ4n) is 1.65. The molecule has 1 N–H and O–H groups in total. The van der Waals surface area contributed by atoms with E-state index in [0.29, 0.717) is 6.54 Å². The summed E-state index contributed by atoms with van der Waals surface area (Å²) in [5.74, 6) is 0.277. The fourth-order valence-corrected chi connectivity index (χ4v) is 3.13. The number of nitrogens with zero attached hydrogens (tertiary/aromatic N) is 1. The van der Waals surface area contributed by atoms with Gasteiger partial charge in [0.1, 0.15) is 5.75 Å². The predicted octanol–water partition coefficient (Wildman–Crippen LogP) is 4.37. The van der Waals surface area contributed by atoms with Crippen molar-refractivity contribution in [1.82, 2.24) is 4.98 Å². The largest absolute Gasteiger partial charge is 0.495 e. The van der Waals surface area contributed by atoms with Crippen LogP contribution in [-0.2, 0) is 6.54 Å². The van der Waals surface area contributed by atoms with Gasteiger partial charge in [-0.2, -0.15) is 4.39 Å². The van der Waals surface area contributed by atoms with Crippen molar-refractivity contribution in [3.8, 4) is 5.75 Å². The zero-order chi connectivity index (χ0) is 13.8. The molecule has 0 fully saturated rings. The van der Waals surface area contributed by atoms with Crippen LogP contribution >= 0.6 is 31.9 Å². The SMILES string of the molecule is COc1c(Br)cc(Br)cc1CNc1ccc(F)nc1. The minimum absolute atomic E-state index is 0.492. The lowest BCUT2D eigenvalue weighted by Gasteiger charge is -2.12. The third kappa shape index (κ3) is 3.67. The quantitative estimate of drug-likeness (QED) is 0.788. The lowest BCUT2D eigenvalue weighted by atomic mass is 10.2. The Kier molecular flexibility index (Phi) is 4.76. The molecule has 6 heteroatoms. The second-order valence-electron chi connectivity index (χ2n) is 3.80. The van der Waals surface area contributed by atoms with E-state index in [4.69, 9.17) is 4.74 Å². The normalized spacial score (nSPS) is 10.3. The van der Waals surface area contributed by atoms with E-state index >= 15 is 0 Å². The van der Waals surface area contributed by atoms with Crippen LogP contribution in [0.1, 0.15) is 5.56 Å². The number of methoxy groups -OCH3 is 1. The highest BCUT2D eigenvalue weighted by molar-refractivity contribution is 9.11. The van der Waals surface area contributed by atoms with Gasteiger partial charge in [0.15, 0.2) is 0 Å². The maximum Gasteiger partial charge on any atom is 0.212 e. The van der Waals surface area contributed by atoms with Crippen LogP contribution in [0, 0.1) is 5.95 Å². The Hall–Kier alpha value is -1.14. The standard InChI is InChI=1S/C13H11Br2FN2O/c1-19-13-8(4-9(14)5-11(13)15)6-17-10-2-3-12(16)18-7-10/h2-5,7,17H,6H2,1H3. The smallest absolute Gasteiger partial charge is 0.212 e. The highest BCUT2D eigenvalue weighted by Crippen LogP contribution is 2.33. The number of ether oxygens (including phenoxy) is 1. The molecule has 19 heavy (non-hydrogen) atoms. The van der Waals surface area contributed by atoms with Gasteiger partial charge in [0.25, 0.3) is 0 Å². The Morgan fingerprint density at radius 3 is 2.74 bits per heavy atom. The predicted molar refractivity (Wildman–Crippen MR) is 79.9 cm³/mol. The first-order chi connectivity index (χ1) is 9.10. The van der Waals surface area contributed by atoms with Crippen LogP contribution in [0.4, 0.5) is 10.1 Å². The van der Waals surface area contributed by atoms with Crippen LogP contribution in [0.15, 0.2) is 39.4 Å². The molecular formula is C13H11Br2FN2O. The van der Waals surface area contributed by atoms with Crippen molar-refractivity contribution in [2.45, 2.75) is 6.54 Å².